The van der Waals surface area contributed by atoms with Crippen molar-refractivity contribution >= 4 is 38.3 Å². The Morgan fingerprint density at radius 1 is 1.08 bits per heavy atom. The van der Waals surface area contributed by atoms with E-state index >= 15 is 0 Å². The molecule has 3 rings (SSSR count). The average Bonchev–Trinajstić information content (AvgIpc) is 3.12. The second-order valence-electron chi connectivity index (χ2n) is 5.01. The van der Waals surface area contributed by atoms with Crippen molar-refractivity contribution in [2.75, 3.05) is 0 Å². The van der Waals surface area contributed by atoms with Crippen LogP contribution < -0.4 is 4.72 Å². The first kappa shape index (κ1) is 18.4. The fraction of sp³-hybridized carbons (Fsp3) is 0. The lowest BCUT2D eigenvalue weighted by Gasteiger charge is -2.08. The van der Waals surface area contributed by atoms with Crippen LogP contribution in [0.25, 0.3) is 10.6 Å². The van der Waals surface area contributed by atoms with E-state index in [9.17, 15) is 22.0 Å². The smallest absolute Gasteiger partial charge is 0.275 e. The van der Waals surface area contributed by atoms with Crippen molar-refractivity contribution in [1.82, 2.24) is 9.71 Å². The highest BCUT2D eigenvalue weighted by Gasteiger charge is 2.24. The number of pyridine rings is 1. The molecule has 0 fully saturated rings. The van der Waals surface area contributed by atoms with Crippen LogP contribution in [-0.2, 0) is 21.1 Å². The first-order chi connectivity index (χ1) is 12.4. The summed E-state index contributed by atoms with van der Waals surface area (Å²) in [7, 11) is -4.30. The molecule has 0 spiro atoms. The lowest BCUT2D eigenvalue weighted by atomic mass is 10.3. The van der Waals surface area contributed by atoms with Gasteiger partial charge in [-0.15, -0.1) is 11.3 Å². The molecule has 1 unspecified atom stereocenters. The summed E-state index contributed by atoms with van der Waals surface area (Å²) in [5.41, 5.74) is 0.667. The lowest BCUT2D eigenvalue weighted by molar-refractivity contribution is 0.0985. The normalized spacial score (nSPS) is 12.5. The van der Waals surface area contributed by atoms with E-state index < -0.39 is 31.9 Å². The number of benzene rings is 1. The van der Waals surface area contributed by atoms with E-state index in [1.807, 2.05) is 4.72 Å². The minimum Gasteiger partial charge on any atom is -0.302 e. The molecule has 0 radical (unpaired) electrons. The summed E-state index contributed by atoms with van der Waals surface area (Å²) in [5, 5.41) is 0. The standard InChI is InChI=1S/C16H12N2O5S3/c19-16(13-9-8-12(24-13)11-5-3-4-10-17-11)18-26(22,23)15-7-2-1-6-14(15)25(20)21/h1-10H,(H,18,19)(H,20,21). The van der Waals surface area contributed by atoms with E-state index in [1.165, 1.54) is 24.3 Å². The van der Waals surface area contributed by atoms with Crippen molar-refractivity contribution in [3.8, 4) is 10.6 Å². The highest BCUT2D eigenvalue weighted by molar-refractivity contribution is 7.91. The SMILES string of the molecule is O=C(NS(=O)(=O)c1ccccc1S(=O)O)c1ccc(-c2ccccn2)s1. The van der Waals surface area contributed by atoms with Crippen LogP contribution in [0, 0.1) is 0 Å². The van der Waals surface area contributed by atoms with Gasteiger partial charge in [-0.3, -0.25) is 9.78 Å². The molecule has 1 amide bonds. The number of sulfonamides is 1. The monoisotopic (exact) mass is 408 g/mol. The van der Waals surface area contributed by atoms with Gasteiger partial charge in [0.1, 0.15) is 4.90 Å². The van der Waals surface area contributed by atoms with Gasteiger partial charge in [-0.05, 0) is 36.4 Å². The Balaban J connectivity index is 1.86. The predicted molar refractivity (Wildman–Crippen MR) is 97.7 cm³/mol. The van der Waals surface area contributed by atoms with Gasteiger partial charge in [-0.2, -0.15) is 0 Å². The van der Waals surface area contributed by atoms with E-state index in [1.54, 1.807) is 30.5 Å². The van der Waals surface area contributed by atoms with Crippen molar-refractivity contribution in [2.24, 2.45) is 0 Å². The predicted octanol–water partition coefficient (Wildman–Crippen LogP) is 2.51. The van der Waals surface area contributed by atoms with E-state index in [-0.39, 0.29) is 9.77 Å². The summed E-state index contributed by atoms with van der Waals surface area (Å²) >= 11 is -1.41. The molecule has 10 heteroatoms. The van der Waals surface area contributed by atoms with Gasteiger partial charge in [-0.25, -0.2) is 17.3 Å². The van der Waals surface area contributed by atoms with Crippen LogP contribution in [0.3, 0.4) is 0 Å². The topological polar surface area (TPSA) is 113 Å². The average molecular weight is 408 g/mol. The molecule has 26 heavy (non-hydrogen) atoms. The minimum absolute atomic E-state index is 0.178. The molecule has 0 aliphatic carbocycles. The molecule has 0 aliphatic heterocycles. The number of carbonyl (C=O) groups excluding carboxylic acids is 1. The molecule has 7 nitrogen and oxygen atoms in total. The van der Waals surface area contributed by atoms with Gasteiger partial charge in [0.05, 0.1) is 20.3 Å². The minimum atomic E-state index is -4.30. The van der Waals surface area contributed by atoms with Crippen molar-refractivity contribution in [2.45, 2.75) is 9.79 Å². The van der Waals surface area contributed by atoms with Gasteiger partial charge in [0.25, 0.3) is 15.9 Å². The maximum Gasteiger partial charge on any atom is 0.275 e. The number of nitrogens with one attached hydrogen (secondary N) is 1. The van der Waals surface area contributed by atoms with Crippen LogP contribution in [0.5, 0.6) is 0 Å². The van der Waals surface area contributed by atoms with Crippen LogP contribution in [-0.4, -0.2) is 28.1 Å². The summed E-state index contributed by atoms with van der Waals surface area (Å²) in [6.07, 6.45) is 1.62. The Labute approximate surface area is 156 Å². The second kappa shape index (κ2) is 7.46. The first-order valence-corrected chi connectivity index (χ1v) is 10.6. The molecule has 0 bridgehead atoms. The van der Waals surface area contributed by atoms with E-state index in [4.69, 9.17) is 0 Å². The maximum absolute atomic E-state index is 12.4. The number of carbonyl (C=O) groups is 1. The molecule has 2 aromatic heterocycles. The van der Waals surface area contributed by atoms with Crippen LogP contribution in [0.15, 0.2) is 70.6 Å². The van der Waals surface area contributed by atoms with Crippen LogP contribution >= 0.6 is 11.3 Å². The number of thiophene rings is 1. The molecule has 0 aliphatic rings. The number of hydrogen-bond donors (Lipinski definition) is 2. The fourth-order valence-electron chi connectivity index (χ4n) is 2.15. The van der Waals surface area contributed by atoms with Gasteiger partial charge in [0, 0.05) is 6.20 Å². The second-order valence-corrected chi connectivity index (χ2v) is 8.68. The molecule has 0 saturated heterocycles. The van der Waals surface area contributed by atoms with Crippen LogP contribution in [0.1, 0.15) is 9.67 Å². The number of nitrogens with zero attached hydrogens (tertiary/aromatic N) is 1. The van der Waals surface area contributed by atoms with Crippen LogP contribution in [0.2, 0.25) is 0 Å². The number of amides is 1. The molecule has 2 heterocycles. The van der Waals surface area contributed by atoms with Crippen molar-refractivity contribution < 1.29 is 22.0 Å². The summed E-state index contributed by atoms with van der Waals surface area (Å²) < 4.78 is 47.3. The molecule has 1 aromatic carbocycles. The Bertz CT molecular complexity index is 1080. The summed E-state index contributed by atoms with van der Waals surface area (Å²) in [6.45, 7) is 0. The summed E-state index contributed by atoms with van der Waals surface area (Å²) in [6, 6.07) is 13.7. The first-order valence-electron chi connectivity index (χ1n) is 7.17. The Kier molecular flexibility index (Phi) is 5.28. The third-order valence-corrected chi connectivity index (χ3v) is 6.66. The molecular formula is C16H12N2O5S3. The number of hydrogen-bond acceptors (Lipinski definition) is 6. The maximum atomic E-state index is 12.4. The van der Waals surface area contributed by atoms with Crippen molar-refractivity contribution in [1.29, 1.82) is 0 Å². The summed E-state index contributed by atoms with van der Waals surface area (Å²) in [4.78, 5) is 16.7. The zero-order valence-corrected chi connectivity index (χ0v) is 15.5. The van der Waals surface area contributed by atoms with Gasteiger partial charge >= 0.3 is 0 Å². The molecule has 1 atom stereocenters. The van der Waals surface area contributed by atoms with Gasteiger partial charge in [0.2, 0.25) is 0 Å². The van der Waals surface area contributed by atoms with Gasteiger partial charge in [0.15, 0.2) is 11.1 Å². The zero-order chi connectivity index (χ0) is 18.7. The van der Waals surface area contributed by atoms with Crippen molar-refractivity contribution in [3.63, 3.8) is 0 Å². The third-order valence-electron chi connectivity index (χ3n) is 3.30. The third kappa shape index (κ3) is 3.88. The van der Waals surface area contributed by atoms with Crippen LogP contribution in [0.4, 0.5) is 0 Å². The van der Waals surface area contributed by atoms with E-state index in [0.29, 0.717) is 10.6 Å². The Hall–Kier alpha value is -2.40. The Morgan fingerprint density at radius 3 is 2.50 bits per heavy atom. The zero-order valence-electron chi connectivity index (χ0n) is 13.0. The van der Waals surface area contributed by atoms with Crippen molar-refractivity contribution in [3.05, 3.63) is 65.7 Å². The number of rotatable bonds is 5. The quantitative estimate of drug-likeness (QED) is 0.627. The highest BCUT2D eigenvalue weighted by Crippen LogP contribution is 2.27. The highest BCUT2D eigenvalue weighted by atomic mass is 32.2. The summed E-state index contributed by atoms with van der Waals surface area (Å²) in [5.74, 6) is -0.823. The molecular weight excluding hydrogens is 396 g/mol. The fourth-order valence-corrected chi connectivity index (χ4v) is 5.13. The van der Waals surface area contributed by atoms with E-state index in [2.05, 4.69) is 4.98 Å². The molecule has 134 valence electrons. The van der Waals surface area contributed by atoms with E-state index in [0.717, 1.165) is 17.4 Å². The Morgan fingerprint density at radius 2 is 1.81 bits per heavy atom. The number of aromatic nitrogens is 1. The molecule has 0 saturated carbocycles. The largest absolute Gasteiger partial charge is 0.302 e. The molecule has 2 N–H and O–H groups in total. The van der Waals surface area contributed by atoms with Gasteiger partial charge in [-0.1, -0.05) is 18.2 Å². The molecule has 3 aromatic rings. The lowest BCUT2D eigenvalue weighted by Crippen LogP contribution is -2.30. The van der Waals surface area contributed by atoms with Gasteiger partial charge < -0.3 is 4.55 Å².